The lowest BCUT2D eigenvalue weighted by molar-refractivity contribution is 0.145. The van der Waals surface area contributed by atoms with Crippen molar-refractivity contribution in [3.63, 3.8) is 0 Å². The standard InChI is InChI=1S/C12H24N2OS2/c1-3-15-10-4-7-13-12(16)14-8-5-11(17-2)6-9-14/h11H,3-10H2,1-2H3,(H,13,16). The van der Waals surface area contributed by atoms with Gasteiger partial charge in [0.05, 0.1) is 0 Å². The number of nitrogens with zero attached hydrogens (tertiary/aromatic N) is 1. The summed E-state index contributed by atoms with van der Waals surface area (Å²) in [5, 5.41) is 5.06. The molecule has 0 spiro atoms. The van der Waals surface area contributed by atoms with Gasteiger partial charge in [0, 0.05) is 38.1 Å². The molecule has 1 rings (SSSR count). The van der Waals surface area contributed by atoms with Gasteiger partial charge in [0.25, 0.3) is 0 Å². The summed E-state index contributed by atoms with van der Waals surface area (Å²) in [6.45, 7) is 6.76. The normalized spacial score (nSPS) is 17.2. The van der Waals surface area contributed by atoms with Gasteiger partial charge >= 0.3 is 0 Å². The average Bonchev–Trinajstić information content (AvgIpc) is 2.38. The molecule has 0 aromatic carbocycles. The van der Waals surface area contributed by atoms with Crippen molar-refractivity contribution in [2.45, 2.75) is 31.4 Å². The zero-order chi connectivity index (χ0) is 12.5. The Morgan fingerprint density at radius 3 is 2.76 bits per heavy atom. The molecular weight excluding hydrogens is 252 g/mol. The van der Waals surface area contributed by atoms with Crippen molar-refractivity contribution in [3.05, 3.63) is 0 Å². The minimum atomic E-state index is 0.798. The largest absolute Gasteiger partial charge is 0.382 e. The Kier molecular flexibility index (Phi) is 7.97. The molecule has 3 nitrogen and oxygen atoms in total. The summed E-state index contributed by atoms with van der Waals surface area (Å²) in [5.74, 6) is 0. The summed E-state index contributed by atoms with van der Waals surface area (Å²) in [6.07, 6.45) is 5.73. The van der Waals surface area contributed by atoms with Crippen LogP contribution in [0.1, 0.15) is 26.2 Å². The van der Waals surface area contributed by atoms with Gasteiger partial charge in [-0.25, -0.2) is 0 Å². The predicted molar refractivity (Wildman–Crippen MR) is 79.8 cm³/mol. The fourth-order valence-corrected chi connectivity index (χ4v) is 2.89. The first-order valence-electron chi connectivity index (χ1n) is 6.41. The maximum atomic E-state index is 5.39. The number of ether oxygens (including phenoxy) is 1. The van der Waals surface area contributed by atoms with Crippen molar-refractivity contribution in [1.82, 2.24) is 10.2 Å². The van der Waals surface area contributed by atoms with Gasteiger partial charge in [-0.05, 0) is 44.7 Å². The second kappa shape index (κ2) is 9.00. The first-order valence-corrected chi connectivity index (χ1v) is 8.10. The smallest absolute Gasteiger partial charge is 0.168 e. The SMILES string of the molecule is CCOCCCNC(=S)N1CCC(SC)CC1. The molecule has 0 amide bonds. The second-order valence-electron chi connectivity index (χ2n) is 4.20. The van der Waals surface area contributed by atoms with Gasteiger partial charge in [0.2, 0.25) is 0 Å². The highest BCUT2D eigenvalue weighted by Crippen LogP contribution is 2.20. The van der Waals surface area contributed by atoms with Crippen LogP contribution in [0.25, 0.3) is 0 Å². The van der Waals surface area contributed by atoms with E-state index in [1.807, 2.05) is 18.7 Å². The molecule has 1 aliphatic heterocycles. The van der Waals surface area contributed by atoms with E-state index in [1.165, 1.54) is 12.8 Å². The zero-order valence-electron chi connectivity index (χ0n) is 10.9. The van der Waals surface area contributed by atoms with Crippen LogP contribution in [0.2, 0.25) is 0 Å². The number of likely N-dealkylation sites (tertiary alicyclic amines) is 1. The molecule has 1 heterocycles. The van der Waals surface area contributed by atoms with E-state index in [0.717, 1.165) is 49.6 Å². The fraction of sp³-hybridized carbons (Fsp3) is 0.917. The maximum Gasteiger partial charge on any atom is 0.168 e. The Morgan fingerprint density at radius 2 is 2.18 bits per heavy atom. The minimum Gasteiger partial charge on any atom is -0.382 e. The molecule has 5 heteroatoms. The van der Waals surface area contributed by atoms with E-state index < -0.39 is 0 Å². The second-order valence-corrected chi connectivity index (χ2v) is 5.73. The van der Waals surface area contributed by atoms with Gasteiger partial charge in [-0.1, -0.05) is 0 Å². The lowest BCUT2D eigenvalue weighted by atomic mass is 10.1. The Hall–Kier alpha value is 0. The molecule has 1 fully saturated rings. The molecule has 0 aromatic rings. The molecule has 0 saturated carbocycles. The monoisotopic (exact) mass is 276 g/mol. The lowest BCUT2D eigenvalue weighted by Crippen LogP contribution is -2.45. The quantitative estimate of drug-likeness (QED) is 0.592. The molecule has 0 radical (unpaired) electrons. The van der Waals surface area contributed by atoms with Crippen LogP contribution in [0.15, 0.2) is 0 Å². The predicted octanol–water partition coefficient (Wildman–Crippen LogP) is 2.11. The molecule has 1 aliphatic rings. The molecule has 0 atom stereocenters. The number of piperidine rings is 1. The van der Waals surface area contributed by atoms with Crippen molar-refractivity contribution < 1.29 is 4.74 Å². The Morgan fingerprint density at radius 1 is 1.47 bits per heavy atom. The Balaban J connectivity index is 2.08. The number of thioether (sulfide) groups is 1. The van der Waals surface area contributed by atoms with E-state index in [1.54, 1.807) is 0 Å². The Bertz CT molecular complexity index is 219. The summed E-state index contributed by atoms with van der Waals surface area (Å²) in [5.41, 5.74) is 0. The number of hydrogen-bond donors (Lipinski definition) is 1. The summed E-state index contributed by atoms with van der Waals surface area (Å²) in [6, 6.07) is 0. The van der Waals surface area contributed by atoms with Crippen LogP contribution >= 0.6 is 24.0 Å². The number of rotatable bonds is 6. The molecule has 1 saturated heterocycles. The zero-order valence-corrected chi connectivity index (χ0v) is 12.5. The van der Waals surface area contributed by atoms with Crippen LogP contribution in [0.4, 0.5) is 0 Å². The Labute approximate surface area is 115 Å². The van der Waals surface area contributed by atoms with Gasteiger partial charge in [0.15, 0.2) is 5.11 Å². The third kappa shape index (κ3) is 5.93. The summed E-state index contributed by atoms with van der Waals surface area (Å²) in [4.78, 5) is 2.29. The molecule has 17 heavy (non-hydrogen) atoms. The van der Waals surface area contributed by atoms with Crippen molar-refractivity contribution in [1.29, 1.82) is 0 Å². The van der Waals surface area contributed by atoms with Gasteiger partial charge < -0.3 is 15.0 Å². The maximum absolute atomic E-state index is 5.39. The van der Waals surface area contributed by atoms with Gasteiger partial charge in [-0.15, -0.1) is 0 Å². The average molecular weight is 276 g/mol. The number of hydrogen-bond acceptors (Lipinski definition) is 3. The van der Waals surface area contributed by atoms with E-state index in [2.05, 4.69) is 16.5 Å². The van der Waals surface area contributed by atoms with E-state index in [0.29, 0.717) is 0 Å². The van der Waals surface area contributed by atoms with Crippen LogP contribution in [-0.2, 0) is 4.74 Å². The van der Waals surface area contributed by atoms with E-state index >= 15 is 0 Å². The van der Waals surface area contributed by atoms with Crippen LogP contribution in [0, 0.1) is 0 Å². The summed E-state index contributed by atoms with van der Waals surface area (Å²) < 4.78 is 5.29. The molecule has 0 aliphatic carbocycles. The van der Waals surface area contributed by atoms with Crippen LogP contribution in [0.3, 0.4) is 0 Å². The van der Waals surface area contributed by atoms with Crippen molar-refractivity contribution >= 4 is 29.1 Å². The first-order chi connectivity index (χ1) is 8.27. The molecule has 100 valence electrons. The van der Waals surface area contributed by atoms with Crippen LogP contribution in [-0.4, -0.2) is 54.4 Å². The minimum absolute atomic E-state index is 0.798. The highest BCUT2D eigenvalue weighted by Gasteiger charge is 2.19. The van der Waals surface area contributed by atoms with Gasteiger partial charge in [-0.3, -0.25) is 0 Å². The fourth-order valence-electron chi connectivity index (χ4n) is 1.92. The lowest BCUT2D eigenvalue weighted by Gasteiger charge is -2.33. The van der Waals surface area contributed by atoms with E-state index in [4.69, 9.17) is 17.0 Å². The molecule has 0 aromatic heterocycles. The summed E-state index contributed by atoms with van der Waals surface area (Å²) >= 11 is 7.37. The topological polar surface area (TPSA) is 24.5 Å². The highest BCUT2D eigenvalue weighted by molar-refractivity contribution is 7.99. The van der Waals surface area contributed by atoms with Crippen LogP contribution in [0.5, 0.6) is 0 Å². The third-order valence-electron chi connectivity index (χ3n) is 3.01. The molecule has 0 bridgehead atoms. The van der Waals surface area contributed by atoms with E-state index in [9.17, 15) is 0 Å². The molecular formula is C12H24N2OS2. The van der Waals surface area contributed by atoms with Crippen molar-refractivity contribution in [2.24, 2.45) is 0 Å². The number of nitrogens with one attached hydrogen (secondary N) is 1. The van der Waals surface area contributed by atoms with Gasteiger partial charge in [0.1, 0.15) is 0 Å². The summed E-state index contributed by atoms with van der Waals surface area (Å²) in [7, 11) is 0. The first kappa shape index (κ1) is 15.1. The third-order valence-corrected chi connectivity index (χ3v) is 4.55. The number of thiocarbonyl (C=S) groups is 1. The van der Waals surface area contributed by atoms with Crippen molar-refractivity contribution in [2.75, 3.05) is 39.1 Å². The van der Waals surface area contributed by atoms with Crippen molar-refractivity contribution in [3.8, 4) is 0 Å². The molecule has 0 unspecified atom stereocenters. The highest BCUT2D eigenvalue weighted by atomic mass is 32.2. The van der Waals surface area contributed by atoms with E-state index in [-0.39, 0.29) is 0 Å². The van der Waals surface area contributed by atoms with Gasteiger partial charge in [-0.2, -0.15) is 11.8 Å². The molecule has 1 N–H and O–H groups in total. The van der Waals surface area contributed by atoms with Crippen LogP contribution < -0.4 is 5.32 Å².